The fraction of sp³-hybridized carbons (Fsp3) is 0.643. The third-order valence-corrected chi connectivity index (χ3v) is 3.04. The number of hydrogen-bond acceptors (Lipinski definition) is 2. The molecule has 0 fully saturated rings. The second-order valence-electron chi connectivity index (χ2n) is 4.60. The maximum absolute atomic E-state index is 12.2. The molecule has 0 radical (unpaired) electrons. The number of aryl methyl sites for hydroxylation is 1. The average molecular weight is 237 g/mol. The zero-order valence-corrected chi connectivity index (χ0v) is 11.3. The van der Waals surface area contributed by atoms with Gasteiger partial charge in [-0.3, -0.25) is 4.79 Å². The van der Waals surface area contributed by atoms with E-state index in [4.69, 9.17) is 4.42 Å². The van der Waals surface area contributed by atoms with E-state index in [-0.39, 0.29) is 11.8 Å². The first-order valence-corrected chi connectivity index (χ1v) is 6.38. The van der Waals surface area contributed by atoms with Crippen LogP contribution in [0.5, 0.6) is 0 Å². The molecule has 0 saturated carbocycles. The average Bonchev–Trinajstić information content (AvgIpc) is 2.70. The van der Waals surface area contributed by atoms with Crippen LogP contribution in [-0.2, 0) is 11.3 Å². The third kappa shape index (κ3) is 3.91. The normalized spacial score (nSPS) is 12.5. The van der Waals surface area contributed by atoms with Gasteiger partial charge in [-0.2, -0.15) is 0 Å². The largest absolute Gasteiger partial charge is 0.464 e. The van der Waals surface area contributed by atoms with Crippen LogP contribution in [0.4, 0.5) is 0 Å². The number of rotatable bonds is 6. The van der Waals surface area contributed by atoms with Gasteiger partial charge in [0.05, 0.1) is 6.54 Å². The zero-order valence-electron chi connectivity index (χ0n) is 11.3. The lowest BCUT2D eigenvalue weighted by Crippen LogP contribution is -2.32. The Kier molecular flexibility index (Phi) is 5.26. The first-order chi connectivity index (χ1) is 8.08. The molecule has 0 saturated heterocycles. The molecule has 1 rings (SSSR count). The molecular weight excluding hydrogens is 214 g/mol. The van der Waals surface area contributed by atoms with Gasteiger partial charge in [0.2, 0.25) is 5.91 Å². The van der Waals surface area contributed by atoms with Crippen molar-refractivity contribution in [2.45, 2.75) is 46.6 Å². The van der Waals surface area contributed by atoms with Gasteiger partial charge in [-0.15, -0.1) is 0 Å². The molecule has 1 heterocycles. The zero-order chi connectivity index (χ0) is 12.8. The molecule has 0 aliphatic carbocycles. The van der Waals surface area contributed by atoms with E-state index in [0.717, 1.165) is 30.8 Å². The minimum absolute atomic E-state index is 0.154. The molecule has 0 N–H and O–H groups in total. The summed E-state index contributed by atoms with van der Waals surface area (Å²) in [6.07, 6.45) is 2.93. The quantitative estimate of drug-likeness (QED) is 0.760. The van der Waals surface area contributed by atoms with E-state index in [1.807, 2.05) is 26.1 Å². The maximum Gasteiger partial charge on any atom is 0.225 e. The molecule has 1 unspecified atom stereocenters. The molecule has 3 heteroatoms. The van der Waals surface area contributed by atoms with Crippen LogP contribution in [0.15, 0.2) is 16.5 Å². The van der Waals surface area contributed by atoms with Crippen molar-refractivity contribution in [2.24, 2.45) is 5.92 Å². The van der Waals surface area contributed by atoms with E-state index in [1.165, 1.54) is 0 Å². The fourth-order valence-corrected chi connectivity index (χ4v) is 2.04. The summed E-state index contributed by atoms with van der Waals surface area (Å²) >= 11 is 0. The molecule has 1 aromatic rings. The van der Waals surface area contributed by atoms with Crippen molar-refractivity contribution in [3.05, 3.63) is 23.7 Å². The Balaban J connectivity index is 2.56. The van der Waals surface area contributed by atoms with Crippen molar-refractivity contribution in [2.75, 3.05) is 7.05 Å². The van der Waals surface area contributed by atoms with Crippen molar-refractivity contribution in [1.29, 1.82) is 0 Å². The standard InChI is InChI=1S/C14H23NO2/c1-5-7-12(6-2)14(16)15(4)10-13-9-8-11(3)17-13/h8-9,12H,5-7,10H2,1-4H3. The molecule has 1 aromatic heterocycles. The van der Waals surface area contributed by atoms with Crippen molar-refractivity contribution in [3.63, 3.8) is 0 Å². The highest BCUT2D eigenvalue weighted by Gasteiger charge is 2.20. The third-order valence-electron chi connectivity index (χ3n) is 3.04. The number of nitrogens with zero attached hydrogens (tertiary/aromatic N) is 1. The molecule has 96 valence electrons. The minimum Gasteiger partial charge on any atom is -0.464 e. The number of carbonyl (C=O) groups is 1. The Hall–Kier alpha value is -1.25. The Labute approximate surface area is 104 Å². The topological polar surface area (TPSA) is 33.5 Å². The van der Waals surface area contributed by atoms with Crippen molar-refractivity contribution in [1.82, 2.24) is 4.90 Å². The molecule has 1 amide bonds. The highest BCUT2D eigenvalue weighted by molar-refractivity contribution is 5.78. The molecule has 0 bridgehead atoms. The summed E-state index contributed by atoms with van der Waals surface area (Å²) in [5.74, 6) is 2.12. The Morgan fingerprint density at radius 3 is 2.59 bits per heavy atom. The van der Waals surface area contributed by atoms with Gasteiger partial charge in [-0.25, -0.2) is 0 Å². The predicted octanol–water partition coefficient (Wildman–Crippen LogP) is 3.37. The summed E-state index contributed by atoms with van der Waals surface area (Å²) < 4.78 is 5.48. The van der Waals surface area contributed by atoms with Crippen molar-refractivity contribution >= 4 is 5.91 Å². The van der Waals surface area contributed by atoms with Crippen molar-refractivity contribution in [3.8, 4) is 0 Å². The Bertz CT molecular complexity index is 357. The molecule has 0 spiro atoms. The minimum atomic E-state index is 0.154. The van der Waals surface area contributed by atoms with Crippen LogP contribution in [0, 0.1) is 12.8 Å². The van der Waals surface area contributed by atoms with Gasteiger partial charge in [-0.1, -0.05) is 20.3 Å². The fourth-order valence-electron chi connectivity index (χ4n) is 2.04. The summed E-state index contributed by atoms with van der Waals surface area (Å²) in [6, 6.07) is 3.86. The van der Waals surface area contributed by atoms with Crippen LogP contribution in [0.25, 0.3) is 0 Å². The first-order valence-electron chi connectivity index (χ1n) is 6.38. The van der Waals surface area contributed by atoms with Gasteiger partial charge < -0.3 is 9.32 Å². The highest BCUT2D eigenvalue weighted by Crippen LogP contribution is 2.16. The number of furan rings is 1. The van der Waals surface area contributed by atoms with Crippen LogP contribution in [0.2, 0.25) is 0 Å². The molecule has 0 aliphatic heterocycles. The predicted molar refractivity (Wildman–Crippen MR) is 68.6 cm³/mol. The lowest BCUT2D eigenvalue weighted by atomic mass is 9.99. The summed E-state index contributed by atoms with van der Waals surface area (Å²) in [6.45, 7) is 6.67. The van der Waals surface area contributed by atoms with E-state index in [2.05, 4.69) is 13.8 Å². The molecule has 3 nitrogen and oxygen atoms in total. The van der Waals surface area contributed by atoms with Gasteiger partial charge in [0.1, 0.15) is 11.5 Å². The lowest BCUT2D eigenvalue weighted by molar-refractivity contribution is -0.135. The van der Waals surface area contributed by atoms with Gasteiger partial charge >= 0.3 is 0 Å². The Morgan fingerprint density at radius 2 is 2.12 bits per heavy atom. The van der Waals surface area contributed by atoms with Crippen LogP contribution < -0.4 is 0 Å². The van der Waals surface area contributed by atoms with Crippen LogP contribution >= 0.6 is 0 Å². The smallest absolute Gasteiger partial charge is 0.225 e. The first kappa shape index (κ1) is 13.8. The number of amides is 1. The molecule has 0 aliphatic rings. The van der Waals surface area contributed by atoms with Gasteiger partial charge in [-0.05, 0) is 31.9 Å². The van der Waals surface area contributed by atoms with Crippen LogP contribution in [-0.4, -0.2) is 17.9 Å². The molecule has 17 heavy (non-hydrogen) atoms. The van der Waals surface area contributed by atoms with Crippen LogP contribution in [0.3, 0.4) is 0 Å². The maximum atomic E-state index is 12.2. The highest BCUT2D eigenvalue weighted by atomic mass is 16.3. The van der Waals surface area contributed by atoms with Gasteiger partial charge in [0.25, 0.3) is 0 Å². The van der Waals surface area contributed by atoms with Crippen molar-refractivity contribution < 1.29 is 9.21 Å². The molecule has 0 aromatic carbocycles. The number of carbonyl (C=O) groups excluding carboxylic acids is 1. The monoisotopic (exact) mass is 237 g/mol. The Morgan fingerprint density at radius 1 is 1.41 bits per heavy atom. The summed E-state index contributed by atoms with van der Waals surface area (Å²) in [4.78, 5) is 13.9. The lowest BCUT2D eigenvalue weighted by Gasteiger charge is -2.21. The van der Waals surface area contributed by atoms with Crippen LogP contribution in [0.1, 0.15) is 44.6 Å². The molecular formula is C14H23NO2. The summed E-state index contributed by atoms with van der Waals surface area (Å²) in [5.41, 5.74) is 0. The summed E-state index contributed by atoms with van der Waals surface area (Å²) in [7, 11) is 1.85. The van der Waals surface area contributed by atoms with E-state index in [9.17, 15) is 4.79 Å². The van der Waals surface area contributed by atoms with Gasteiger partial charge in [0.15, 0.2) is 0 Å². The van der Waals surface area contributed by atoms with E-state index >= 15 is 0 Å². The molecule has 1 atom stereocenters. The van der Waals surface area contributed by atoms with E-state index < -0.39 is 0 Å². The van der Waals surface area contributed by atoms with E-state index in [0.29, 0.717) is 6.54 Å². The number of hydrogen-bond donors (Lipinski definition) is 0. The van der Waals surface area contributed by atoms with E-state index in [1.54, 1.807) is 4.90 Å². The second kappa shape index (κ2) is 6.48. The van der Waals surface area contributed by atoms with Gasteiger partial charge in [0, 0.05) is 13.0 Å². The SMILES string of the molecule is CCCC(CC)C(=O)N(C)Cc1ccc(C)o1. The second-order valence-corrected chi connectivity index (χ2v) is 4.60. The summed E-state index contributed by atoms with van der Waals surface area (Å²) in [5, 5.41) is 0.